The summed E-state index contributed by atoms with van der Waals surface area (Å²) in [4.78, 5) is 22.2. The molecule has 0 spiro atoms. The maximum Gasteiger partial charge on any atom is 0.271 e. The number of benzene rings is 2. The van der Waals surface area contributed by atoms with Crippen molar-refractivity contribution < 1.29 is 4.79 Å². The number of hydrogen-bond donors (Lipinski definition) is 1. The Morgan fingerprint density at radius 3 is 2.45 bits per heavy atom. The third-order valence-corrected chi connectivity index (χ3v) is 6.80. The molecule has 0 aliphatic carbocycles. The highest BCUT2D eigenvalue weighted by atomic mass is 35.5. The number of carbonyl (C=O) groups excluding carboxylic acids is 1. The first-order valence-electron chi connectivity index (χ1n) is 11.6. The van der Waals surface area contributed by atoms with Crippen LogP contribution in [0.2, 0.25) is 5.02 Å². The number of carbonyl (C=O) groups is 1. The number of nitrogens with one attached hydrogen (secondary N) is 1. The molecule has 33 heavy (non-hydrogen) atoms. The standard InChI is InChI=1S/C26H32ClN5O/c1-19-23(27)11-7-12-24(19)31-17-15-30(16-18-31)14-8-13-28-26(33)25-20(2)32(21(3)29-25)22-9-5-4-6-10-22/h4-7,9-12H,8,13-18H2,1-3H3,(H,28,33). The highest BCUT2D eigenvalue weighted by molar-refractivity contribution is 6.31. The van der Waals surface area contributed by atoms with Gasteiger partial charge in [0.05, 0.1) is 5.69 Å². The van der Waals surface area contributed by atoms with Crippen LogP contribution in [0.25, 0.3) is 5.69 Å². The van der Waals surface area contributed by atoms with Gasteiger partial charge in [0.1, 0.15) is 11.5 Å². The van der Waals surface area contributed by atoms with Gasteiger partial charge in [-0.2, -0.15) is 0 Å². The van der Waals surface area contributed by atoms with E-state index in [1.54, 1.807) is 0 Å². The van der Waals surface area contributed by atoms with Gasteiger partial charge in [-0.1, -0.05) is 35.9 Å². The van der Waals surface area contributed by atoms with E-state index >= 15 is 0 Å². The number of amides is 1. The Morgan fingerprint density at radius 1 is 1.00 bits per heavy atom. The van der Waals surface area contributed by atoms with Crippen LogP contribution in [0.1, 0.15) is 34.0 Å². The van der Waals surface area contributed by atoms with Crippen molar-refractivity contribution in [2.45, 2.75) is 27.2 Å². The zero-order valence-electron chi connectivity index (χ0n) is 19.6. The third kappa shape index (κ3) is 5.23. The average Bonchev–Trinajstić information content (AvgIpc) is 3.13. The minimum Gasteiger partial charge on any atom is -0.369 e. The summed E-state index contributed by atoms with van der Waals surface area (Å²) in [7, 11) is 0. The molecule has 2 heterocycles. The van der Waals surface area contributed by atoms with Gasteiger partial charge in [0.2, 0.25) is 0 Å². The highest BCUT2D eigenvalue weighted by Gasteiger charge is 2.20. The number of imidazole rings is 1. The van der Waals surface area contributed by atoms with Gasteiger partial charge < -0.3 is 14.8 Å². The van der Waals surface area contributed by atoms with E-state index in [-0.39, 0.29) is 5.91 Å². The predicted molar refractivity (Wildman–Crippen MR) is 135 cm³/mol. The number of anilines is 1. The fourth-order valence-electron chi connectivity index (χ4n) is 4.55. The Balaban J connectivity index is 1.24. The van der Waals surface area contributed by atoms with Crippen molar-refractivity contribution in [1.82, 2.24) is 19.8 Å². The molecule has 7 heteroatoms. The summed E-state index contributed by atoms with van der Waals surface area (Å²) in [5.41, 5.74) is 4.77. The summed E-state index contributed by atoms with van der Waals surface area (Å²) in [6, 6.07) is 16.1. The van der Waals surface area contributed by atoms with Gasteiger partial charge in [-0.25, -0.2) is 4.98 Å². The van der Waals surface area contributed by atoms with Crippen LogP contribution in [0.5, 0.6) is 0 Å². The summed E-state index contributed by atoms with van der Waals surface area (Å²) < 4.78 is 2.02. The van der Waals surface area contributed by atoms with Crippen LogP contribution in [0.3, 0.4) is 0 Å². The Bertz CT molecular complexity index is 1100. The van der Waals surface area contributed by atoms with Crippen molar-refractivity contribution in [3.05, 3.63) is 76.3 Å². The van der Waals surface area contributed by atoms with Crippen LogP contribution in [0, 0.1) is 20.8 Å². The maximum atomic E-state index is 12.8. The fourth-order valence-corrected chi connectivity index (χ4v) is 4.72. The van der Waals surface area contributed by atoms with Gasteiger partial charge in [0, 0.05) is 49.1 Å². The van der Waals surface area contributed by atoms with E-state index in [0.717, 1.165) is 66.9 Å². The van der Waals surface area contributed by atoms with E-state index in [2.05, 4.69) is 33.1 Å². The molecule has 0 radical (unpaired) electrons. The lowest BCUT2D eigenvalue weighted by atomic mass is 10.1. The SMILES string of the molecule is Cc1c(Cl)cccc1N1CCN(CCCNC(=O)c2nc(C)n(-c3ccccc3)c2C)CC1. The molecule has 0 saturated carbocycles. The van der Waals surface area contributed by atoms with Gasteiger partial charge in [-0.15, -0.1) is 0 Å². The van der Waals surface area contributed by atoms with E-state index in [1.165, 1.54) is 5.69 Å². The monoisotopic (exact) mass is 465 g/mol. The lowest BCUT2D eigenvalue weighted by Gasteiger charge is -2.37. The molecule has 1 aliphatic heterocycles. The van der Waals surface area contributed by atoms with Crippen molar-refractivity contribution in [2.75, 3.05) is 44.2 Å². The first-order chi connectivity index (χ1) is 16.0. The van der Waals surface area contributed by atoms with Crippen LogP contribution in [0.15, 0.2) is 48.5 Å². The number of halogens is 1. The van der Waals surface area contributed by atoms with E-state index < -0.39 is 0 Å². The molecule has 0 atom stereocenters. The Labute approximate surface area is 201 Å². The second-order valence-corrected chi connectivity index (χ2v) is 8.99. The molecule has 1 fully saturated rings. The summed E-state index contributed by atoms with van der Waals surface area (Å²) in [5.74, 6) is 0.711. The van der Waals surface area contributed by atoms with E-state index in [0.29, 0.717) is 12.2 Å². The van der Waals surface area contributed by atoms with Crippen molar-refractivity contribution in [3.8, 4) is 5.69 Å². The normalized spacial score (nSPS) is 14.5. The fraction of sp³-hybridized carbons (Fsp3) is 0.385. The summed E-state index contributed by atoms with van der Waals surface area (Å²) in [5, 5.41) is 3.88. The minimum atomic E-state index is -0.105. The second-order valence-electron chi connectivity index (χ2n) is 8.59. The first kappa shape index (κ1) is 23.3. The van der Waals surface area contributed by atoms with Gasteiger partial charge in [-0.3, -0.25) is 9.69 Å². The van der Waals surface area contributed by atoms with Crippen molar-refractivity contribution in [3.63, 3.8) is 0 Å². The van der Waals surface area contributed by atoms with Crippen molar-refractivity contribution in [1.29, 1.82) is 0 Å². The topological polar surface area (TPSA) is 53.4 Å². The molecule has 1 amide bonds. The third-order valence-electron chi connectivity index (χ3n) is 6.39. The Kier molecular flexibility index (Phi) is 7.36. The number of para-hydroxylation sites is 1. The smallest absolute Gasteiger partial charge is 0.271 e. The number of hydrogen-bond acceptors (Lipinski definition) is 4. The number of nitrogens with zero attached hydrogens (tertiary/aromatic N) is 4. The van der Waals surface area contributed by atoms with Gasteiger partial charge in [0.15, 0.2) is 0 Å². The molecule has 1 aromatic heterocycles. The van der Waals surface area contributed by atoms with Gasteiger partial charge >= 0.3 is 0 Å². The maximum absolute atomic E-state index is 12.8. The molecule has 4 rings (SSSR count). The molecule has 0 bridgehead atoms. The molecule has 1 saturated heterocycles. The molecule has 3 aromatic rings. The quantitative estimate of drug-likeness (QED) is 0.526. The largest absolute Gasteiger partial charge is 0.369 e. The van der Waals surface area contributed by atoms with E-state index in [9.17, 15) is 4.79 Å². The highest BCUT2D eigenvalue weighted by Crippen LogP contribution is 2.27. The lowest BCUT2D eigenvalue weighted by Crippen LogP contribution is -2.47. The summed E-state index contributed by atoms with van der Waals surface area (Å²) in [6.07, 6.45) is 0.916. The molecule has 1 N–H and O–H groups in total. The molecular formula is C26H32ClN5O. The summed E-state index contributed by atoms with van der Waals surface area (Å²) in [6.45, 7) is 11.6. The minimum absolute atomic E-state index is 0.105. The van der Waals surface area contributed by atoms with Crippen molar-refractivity contribution >= 4 is 23.2 Å². The van der Waals surface area contributed by atoms with Crippen LogP contribution in [-0.4, -0.2) is 59.6 Å². The summed E-state index contributed by atoms with van der Waals surface area (Å²) >= 11 is 6.29. The number of piperazine rings is 1. The average molecular weight is 466 g/mol. The van der Waals surface area contributed by atoms with Crippen LogP contribution >= 0.6 is 11.6 Å². The molecular weight excluding hydrogens is 434 g/mol. The molecule has 6 nitrogen and oxygen atoms in total. The number of aryl methyl sites for hydroxylation is 1. The second kappa shape index (κ2) is 10.4. The van der Waals surface area contributed by atoms with Gasteiger partial charge in [0.25, 0.3) is 5.91 Å². The molecule has 174 valence electrons. The predicted octanol–water partition coefficient (Wildman–Crippen LogP) is 4.39. The molecule has 1 aliphatic rings. The zero-order chi connectivity index (χ0) is 23.4. The van der Waals surface area contributed by atoms with E-state index in [1.807, 2.05) is 60.9 Å². The van der Waals surface area contributed by atoms with Crippen LogP contribution in [-0.2, 0) is 0 Å². The number of aromatic nitrogens is 2. The Hall–Kier alpha value is -2.83. The molecule has 0 unspecified atom stereocenters. The van der Waals surface area contributed by atoms with Crippen LogP contribution in [0.4, 0.5) is 5.69 Å². The van der Waals surface area contributed by atoms with Crippen LogP contribution < -0.4 is 10.2 Å². The lowest BCUT2D eigenvalue weighted by molar-refractivity contribution is 0.0946. The van der Waals surface area contributed by atoms with Gasteiger partial charge in [-0.05, 0) is 63.6 Å². The van der Waals surface area contributed by atoms with E-state index in [4.69, 9.17) is 11.6 Å². The Morgan fingerprint density at radius 2 is 1.73 bits per heavy atom. The first-order valence-corrected chi connectivity index (χ1v) is 12.0. The van der Waals surface area contributed by atoms with Crippen molar-refractivity contribution in [2.24, 2.45) is 0 Å². The zero-order valence-corrected chi connectivity index (χ0v) is 20.4. The number of rotatable bonds is 7. The molecule has 2 aromatic carbocycles.